The standard InChI is InChI=1S/C24H33F2NSi/c1-28-13-12-19-6-4-17(5-7-19)2-3-18-8-10-20(11-9-18)21-14-23(25)22(16-27)24(26)15-21/h2-3,14-15,17-20H,4-13,28H2,1H3. The van der Waals surface area contributed by atoms with Crippen molar-refractivity contribution < 1.29 is 8.78 Å². The van der Waals surface area contributed by atoms with E-state index in [4.69, 9.17) is 5.26 Å². The molecule has 28 heavy (non-hydrogen) atoms. The Morgan fingerprint density at radius 1 is 0.964 bits per heavy atom. The molecule has 2 fully saturated rings. The van der Waals surface area contributed by atoms with Gasteiger partial charge in [-0.1, -0.05) is 31.2 Å². The first-order valence-electron chi connectivity index (χ1n) is 11.2. The molecule has 0 saturated heterocycles. The number of hydrogen-bond donors (Lipinski definition) is 0. The molecule has 0 radical (unpaired) electrons. The summed E-state index contributed by atoms with van der Waals surface area (Å²) in [6.45, 7) is 2.41. The van der Waals surface area contributed by atoms with Crippen LogP contribution in [-0.4, -0.2) is 9.52 Å². The predicted octanol–water partition coefficient (Wildman–Crippen LogP) is 6.50. The van der Waals surface area contributed by atoms with Gasteiger partial charge < -0.3 is 0 Å². The third-order valence-corrected chi connectivity index (χ3v) is 8.05. The normalized spacial score (nSPS) is 28.8. The summed E-state index contributed by atoms with van der Waals surface area (Å²) in [5, 5.41) is 8.82. The number of allylic oxidation sites excluding steroid dienone is 2. The molecule has 0 heterocycles. The van der Waals surface area contributed by atoms with Crippen LogP contribution in [0.15, 0.2) is 24.3 Å². The first-order valence-corrected chi connectivity index (χ1v) is 13.6. The van der Waals surface area contributed by atoms with Gasteiger partial charge >= 0.3 is 0 Å². The van der Waals surface area contributed by atoms with Crippen molar-refractivity contribution in [3.63, 3.8) is 0 Å². The van der Waals surface area contributed by atoms with Crippen molar-refractivity contribution in [3.8, 4) is 6.07 Å². The lowest BCUT2D eigenvalue weighted by atomic mass is 9.77. The molecule has 0 spiro atoms. The van der Waals surface area contributed by atoms with Crippen LogP contribution in [-0.2, 0) is 0 Å². The van der Waals surface area contributed by atoms with Crippen LogP contribution in [0.5, 0.6) is 0 Å². The molecule has 0 amide bonds. The minimum Gasteiger partial charge on any atom is -0.205 e. The molecule has 0 bridgehead atoms. The summed E-state index contributed by atoms with van der Waals surface area (Å²) >= 11 is 0. The molecule has 1 nitrogen and oxygen atoms in total. The summed E-state index contributed by atoms with van der Waals surface area (Å²) in [4.78, 5) is 0. The maximum Gasteiger partial charge on any atom is 0.144 e. The zero-order chi connectivity index (χ0) is 19.9. The Morgan fingerprint density at radius 2 is 1.50 bits per heavy atom. The van der Waals surface area contributed by atoms with Crippen molar-refractivity contribution in [2.75, 3.05) is 0 Å². The molecule has 2 saturated carbocycles. The average molecular weight is 402 g/mol. The molecule has 152 valence electrons. The lowest BCUT2D eigenvalue weighted by molar-refractivity contribution is 0.301. The smallest absolute Gasteiger partial charge is 0.144 e. The van der Waals surface area contributed by atoms with Crippen molar-refractivity contribution in [3.05, 3.63) is 47.0 Å². The van der Waals surface area contributed by atoms with Crippen LogP contribution in [0.3, 0.4) is 0 Å². The molecule has 0 unspecified atom stereocenters. The second kappa shape index (κ2) is 10.3. The van der Waals surface area contributed by atoms with Crippen LogP contribution in [0.2, 0.25) is 12.6 Å². The van der Waals surface area contributed by atoms with E-state index in [0.717, 1.165) is 37.5 Å². The number of nitriles is 1. The number of benzene rings is 1. The Balaban J connectivity index is 1.46. The zero-order valence-corrected chi connectivity index (χ0v) is 18.5. The summed E-state index contributed by atoms with van der Waals surface area (Å²) in [6, 6.07) is 5.85. The quantitative estimate of drug-likeness (QED) is 0.394. The molecule has 2 aliphatic rings. The zero-order valence-electron chi connectivity index (χ0n) is 17.1. The Morgan fingerprint density at radius 3 is 2.00 bits per heavy atom. The summed E-state index contributed by atoms with van der Waals surface area (Å²) in [5.74, 6) is 1.11. The molecule has 1 aromatic carbocycles. The van der Waals surface area contributed by atoms with Crippen molar-refractivity contribution in [1.82, 2.24) is 0 Å². The van der Waals surface area contributed by atoms with Crippen molar-refractivity contribution in [2.45, 2.75) is 76.3 Å². The molecule has 3 rings (SSSR count). The third kappa shape index (κ3) is 5.53. The van der Waals surface area contributed by atoms with Crippen LogP contribution < -0.4 is 0 Å². The van der Waals surface area contributed by atoms with Gasteiger partial charge in [-0.2, -0.15) is 5.26 Å². The number of hydrogen-bond acceptors (Lipinski definition) is 1. The molecular formula is C24H33F2NSi. The maximum absolute atomic E-state index is 13.9. The second-order valence-electron chi connectivity index (χ2n) is 8.89. The topological polar surface area (TPSA) is 23.8 Å². The van der Waals surface area contributed by atoms with Gasteiger partial charge in [-0.05, 0) is 92.7 Å². The van der Waals surface area contributed by atoms with E-state index in [0.29, 0.717) is 11.5 Å². The first-order chi connectivity index (χ1) is 13.6. The summed E-state index contributed by atoms with van der Waals surface area (Å²) in [6.07, 6.45) is 16.0. The minimum atomic E-state index is -0.726. The molecule has 0 N–H and O–H groups in total. The molecule has 4 heteroatoms. The minimum absolute atomic E-state index is 0.207. The monoisotopic (exact) mass is 401 g/mol. The predicted molar refractivity (Wildman–Crippen MR) is 114 cm³/mol. The molecule has 0 aromatic heterocycles. The highest BCUT2D eigenvalue weighted by Gasteiger charge is 2.24. The SMILES string of the molecule is C[SiH2]CCC1CCC(C=CC2CCC(c3cc(F)c(C#N)c(F)c3)CC2)CC1. The van der Waals surface area contributed by atoms with Gasteiger partial charge in [0, 0.05) is 9.52 Å². The second-order valence-corrected chi connectivity index (χ2v) is 10.6. The van der Waals surface area contributed by atoms with Gasteiger partial charge in [0.25, 0.3) is 0 Å². The number of rotatable bonds is 6. The summed E-state index contributed by atoms with van der Waals surface area (Å²) < 4.78 is 27.8. The fourth-order valence-electron chi connectivity index (χ4n) is 5.06. The van der Waals surface area contributed by atoms with Gasteiger partial charge in [0.2, 0.25) is 0 Å². The summed E-state index contributed by atoms with van der Waals surface area (Å²) in [7, 11) is 0.231. The largest absolute Gasteiger partial charge is 0.205 e. The Bertz CT molecular complexity index is 685. The Kier molecular flexibility index (Phi) is 7.85. The fraction of sp³-hybridized carbons (Fsp3) is 0.625. The molecule has 0 aliphatic heterocycles. The van der Waals surface area contributed by atoms with E-state index >= 15 is 0 Å². The highest BCUT2D eigenvalue weighted by atomic mass is 28.2. The molecule has 2 aliphatic carbocycles. The third-order valence-electron chi connectivity index (χ3n) is 6.93. The van der Waals surface area contributed by atoms with Crippen molar-refractivity contribution >= 4 is 9.52 Å². The van der Waals surface area contributed by atoms with E-state index < -0.39 is 17.2 Å². The highest BCUT2D eigenvalue weighted by Crippen LogP contribution is 2.38. The van der Waals surface area contributed by atoms with Gasteiger partial charge in [-0.25, -0.2) is 8.78 Å². The van der Waals surface area contributed by atoms with Gasteiger partial charge in [0.05, 0.1) is 0 Å². The van der Waals surface area contributed by atoms with Gasteiger partial charge in [-0.3, -0.25) is 0 Å². The van der Waals surface area contributed by atoms with Crippen LogP contribution >= 0.6 is 0 Å². The van der Waals surface area contributed by atoms with E-state index in [1.54, 1.807) is 6.07 Å². The Labute approximate surface area is 171 Å². The number of halogens is 2. The van der Waals surface area contributed by atoms with Gasteiger partial charge in [0.1, 0.15) is 23.3 Å². The van der Waals surface area contributed by atoms with Crippen molar-refractivity contribution in [2.24, 2.45) is 17.8 Å². The van der Waals surface area contributed by atoms with E-state index in [-0.39, 0.29) is 15.4 Å². The highest BCUT2D eigenvalue weighted by molar-refractivity contribution is 6.33. The Hall–Kier alpha value is -1.47. The first kappa shape index (κ1) is 21.2. The molecular weight excluding hydrogens is 368 g/mol. The van der Waals surface area contributed by atoms with Crippen molar-refractivity contribution in [1.29, 1.82) is 5.26 Å². The van der Waals surface area contributed by atoms with E-state index in [1.807, 2.05) is 0 Å². The lowest BCUT2D eigenvalue weighted by Gasteiger charge is -2.29. The maximum atomic E-state index is 13.9. The van der Waals surface area contributed by atoms with Gasteiger partial charge in [-0.15, -0.1) is 0 Å². The van der Waals surface area contributed by atoms with E-state index in [2.05, 4.69) is 18.7 Å². The average Bonchev–Trinajstić information content (AvgIpc) is 2.71. The number of nitrogens with zero attached hydrogens (tertiary/aromatic N) is 1. The van der Waals surface area contributed by atoms with Crippen LogP contribution in [0, 0.1) is 40.7 Å². The molecule has 0 atom stereocenters. The summed E-state index contributed by atoms with van der Waals surface area (Å²) in [5.41, 5.74) is 0.247. The van der Waals surface area contributed by atoms with E-state index in [1.165, 1.54) is 50.3 Å². The lowest BCUT2D eigenvalue weighted by Crippen LogP contribution is -2.15. The fourth-order valence-corrected chi connectivity index (χ4v) is 6.04. The van der Waals surface area contributed by atoms with Crippen LogP contribution in [0.4, 0.5) is 8.78 Å². The van der Waals surface area contributed by atoms with Crippen LogP contribution in [0.25, 0.3) is 0 Å². The van der Waals surface area contributed by atoms with E-state index in [9.17, 15) is 8.78 Å². The van der Waals surface area contributed by atoms with Gasteiger partial charge in [0.15, 0.2) is 0 Å². The van der Waals surface area contributed by atoms with Crippen LogP contribution in [0.1, 0.15) is 74.8 Å². The molecule has 1 aromatic rings.